The van der Waals surface area contributed by atoms with Gasteiger partial charge >= 0.3 is 5.97 Å². The van der Waals surface area contributed by atoms with Crippen molar-refractivity contribution in [1.82, 2.24) is 4.98 Å². The van der Waals surface area contributed by atoms with Gasteiger partial charge in [-0.05, 0) is 35.4 Å². The molecule has 3 rings (SSSR count). The molecule has 1 heterocycles. The summed E-state index contributed by atoms with van der Waals surface area (Å²) in [5, 5.41) is 9.11. The summed E-state index contributed by atoms with van der Waals surface area (Å²) in [5.74, 6) is 0.127. The molecule has 7 nitrogen and oxygen atoms in total. The van der Waals surface area contributed by atoms with Gasteiger partial charge in [0.1, 0.15) is 11.5 Å². The molecular weight excluding hydrogens is 348 g/mol. The second-order valence-electron chi connectivity index (χ2n) is 5.87. The number of carboxylic acids is 1. The molecule has 0 fully saturated rings. The molecule has 0 bridgehead atoms. The summed E-state index contributed by atoms with van der Waals surface area (Å²) in [5.41, 5.74) is 1.96. The van der Waals surface area contributed by atoms with Gasteiger partial charge in [-0.2, -0.15) is 0 Å². The van der Waals surface area contributed by atoms with Crippen molar-refractivity contribution in [3.05, 3.63) is 71.6 Å². The molecule has 2 aromatic carbocycles. The molecule has 1 aromatic heterocycles. The van der Waals surface area contributed by atoms with Crippen LogP contribution >= 0.6 is 0 Å². The average molecular weight is 368 g/mol. The first-order valence-electron chi connectivity index (χ1n) is 8.29. The Hall–Kier alpha value is -3.48. The van der Waals surface area contributed by atoms with Crippen LogP contribution in [0, 0.1) is 0 Å². The fourth-order valence-electron chi connectivity index (χ4n) is 2.68. The minimum Gasteiger partial charge on any atom is -0.497 e. The van der Waals surface area contributed by atoms with Gasteiger partial charge in [-0.1, -0.05) is 24.3 Å². The molecule has 0 radical (unpaired) electrons. The van der Waals surface area contributed by atoms with Crippen molar-refractivity contribution in [2.24, 2.45) is 0 Å². The van der Waals surface area contributed by atoms with Gasteiger partial charge in [0.2, 0.25) is 5.76 Å². The molecule has 1 N–H and O–H groups in total. The van der Waals surface area contributed by atoms with Crippen LogP contribution in [-0.4, -0.2) is 30.3 Å². The highest BCUT2D eigenvalue weighted by atomic mass is 16.5. The first-order chi connectivity index (χ1) is 13.1. The Bertz CT molecular complexity index is 872. The second-order valence-corrected chi connectivity index (χ2v) is 5.87. The Morgan fingerprint density at radius 2 is 1.59 bits per heavy atom. The number of rotatable bonds is 8. The Kier molecular flexibility index (Phi) is 5.61. The van der Waals surface area contributed by atoms with E-state index in [2.05, 4.69) is 4.98 Å². The molecule has 0 aliphatic heterocycles. The summed E-state index contributed by atoms with van der Waals surface area (Å²) in [6.45, 7) is 0.933. The molecular formula is C20H20N2O5. The summed E-state index contributed by atoms with van der Waals surface area (Å²) >= 11 is 0. The first-order valence-corrected chi connectivity index (χ1v) is 8.29. The van der Waals surface area contributed by atoms with Crippen molar-refractivity contribution < 1.29 is 23.8 Å². The summed E-state index contributed by atoms with van der Waals surface area (Å²) in [6.07, 6.45) is 1.21. The van der Waals surface area contributed by atoms with Gasteiger partial charge in [-0.25, -0.2) is 9.78 Å². The molecule has 0 saturated heterocycles. The number of hydrogen-bond acceptors (Lipinski definition) is 6. The number of oxazole rings is 1. The molecule has 0 saturated carbocycles. The van der Waals surface area contributed by atoms with Crippen LogP contribution in [0.3, 0.4) is 0 Å². The second kappa shape index (κ2) is 8.27. The zero-order chi connectivity index (χ0) is 19.2. The van der Waals surface area contributed by atoms with E-state index in [9.17, 15) is 4.79 Å². The number of carboxylic acid groups (broad SMARTS) is 1. The summed E-state index contributed by atoms with van der Waals surface area (Å²) in [7, 11) is 3.22. The van der Waals surface area contributed by atoms with Gasteiger partial charge in [0.25, 0.3) is 6.01 Å². The summed E-state index contributed by atoms with van der Waals surface area (Å²) in [4.78, 5) is 17.1. The van der Waals surface area contributed by atoms with Crippen LogP contribution in [0.1, 0.15) is 21.7 Å². The lowest BCUT2D eigenvalue weighted by Gasteiger charge is -2.21. The number of aromatic carboxylic acids is 1. The lowest BCUT2D eigenvalue weighted by molar-refractivity contribution is 0.0663. The lowest BCUT2D eigenvalue weighted by Crippen LogP contribution is -2.22. The third-order valence-electron chi connectivity index (χ3n) is 3.99. The van der Waals surface area contributed by atoms with E-state index in [4.69, 9.17) is 19.0 Å². The normalized spacial score (nSPS) is 10.4. The Labute approximate surface area is 156 Å². The zero-order valence-corrected chi connectivity index (χ0v) is 15.1. The van der Waals surface area contributed by atoms with Crippen LogP contribution < -0.4 is 14.4 Å². The maximum absolute atomic E-state index is 11.1. The van der Waals surface area contributed by atoms with Gasteiger partial charge in [0, 0.05) is 13.1 Å². The fraction of sp³-hybridized carbons (Fsp3) is 0.200. The maximum Gasteiger partial charge on any atom is 0.373 e. The number of hydrogen-bond donors (Lipinski definition) is 1. The quantitative estimate of drug-likeness (QED) is 0.650. The van der Waals surface area contributed by atoms with Gasteiger partial charge in [0.15, 0.2) is 0 Å². The van der Waals surface area contributed by atoms with E-state index in [1.54, 1.807) is 14.2 Å². The van der Waals surface area contributed by atoms with Crippen molar-refractivity contribution in [2.75, 3.05) is 19.1 Å². The van der Waals surface area contributed by atoms with Gasteiger partial charge in [-0.15, -0.1) is 0 Å². The molecule has 0 aliphatic rings. The van der Waals surface area contributed by atoms with E-state index in [0.717, 1.165) is 22.6 Å². The molecule has 0 aliphatic carbocycles. The van der Waals surface area contributed by atoms with E-state index in [1.807, 2.05) is 53.4 Å². The zero-order valence-electron chi connectivity index (χ0n) is 15.1. The number of benzene rings is 2. The van der Waals surface area contributed by atoms with Crippen LogP contribution in [0.5, 0.6) is 11.5 Å². The molecule has 27 heavy (non-hydrogen) atoms. The lowest BCUT2D eigenvalue weighted by atomic mass is 10.1. The van der Waals surface area contributed by atoms with Crippen LogP contribution in [0.25, 0.3) is 0 Å². The largest absolute Gasteiger partial charge is 0.497 e. The molecule has 0 atom stereocenters. The van der Waals surface area contributed by atoms with Gasteiger partial charge < -0.3 is 23.9 Å². The summed E-state index contributed by atoms with van der Waals surface area (Å²) < 4.78 is 16.0. The number of ether oxygens (including phenoxy) is 2. The van der Waals surface area contributed by atoms with Crippen molar-refractivity contribution in [3.63, 3.8) is 0 Å². The molecule has 0 amide bonds. The monoisotopic (exact) mass is 368 g/mol. The molecule has 0 spiro atoms. The first kappa shape index (κ1) is 18.3. The maximum atomic E-state index is 11.1. The minimum absolute atomic E-state index is 0.203. The van der Waals surface area contributed by atoms with Gasteiger partial charge in [0.05, 0.1) is 20.4 Å². The fourth-order valence-corrected chi connectivity index (χ4v) is 2.68. The SMILES string of the molecule is COc1cccc(CN(Cc2cccc(OC)c2)c2ncc(C(=O)O)o2)c1. The van der Waals surface area contributed by atoms with Crippen molar-refractivity contribution in [2.45, 2.75) is 13.1 Å². The molecule has 0 unspecified atom stereocenters. The molecule has 140 valence electrons. The number of aromatic nitrogens is 1. The Balaban J connectivity index is 1.90. The standard InChI is InChI=1S/C20H20N2O5/c1-25-16-7-3-5-14(9-16)12-22(20-21-11-18(27-20)19(23)24)13-15-6-4-8-17(10-15)26-2/h3-11H,12-13H2,1-2H3,(H,23,24). The van der Waals surface area contributed by atoms with Crippen LogP contribution in [-0.2, 0) is 13.1 Å². The number of anilines is 1. The highest BCUT2D eigenvalue weighted by Gasteiger charge is 2.18. The Morgan fingerprint density at radius 3 is 2.04 bits per heavy atom. The third kappa shape index (κ3) is 4.58. The number of methoxy groups -OCH3 is 2. The van der Waals surface area contributed by atoms with E-state index in [-0.39, 0.29) is 11.8 Å². The third-order valence-corrected chi connectivity index (χ3v) is 3.99. The minimum atomic E-state index is -1.16. The van der Waals surface area contributed by atoms with Crippen molar-refractivity contribution >= 4 is 12.0 Å². The van der Waals surface area contributed by atoms with E-state index in [1.165, 1.54) is 6.20 Å². The number of nitrogens with zero attached hydrogens (tertiary/aromatic N) is 2. The van der Waals surface area contributed by atoms with E-state index < -0.39 is 5.97 Å². The van der Waals surface area contributed by atoms with Crippen molar-refractivity contribution in [3.8, 4) is 11.5 Å². The summed E-state index contributed by atoms with van der Waals surface area (Å²) in [6, 6.07) is 15.5. The highest BCUT2D eigenvalue weighted by molar-refractivity contribution is 5.84. The smallest absolute Gasteiger partial charge is 0.373 e. The Morgan fingerprint density at radius 1 is 1.04 bits per heavy atom. The predicted molar refractivity (Wildman–Crippen MR) is 99.3 cm³/mol. The average Bonchev–Trinajstić information content (AvgIpc) is 3.18. The topological polar surface area (TPSA) is 85.0 Å². The molecule has 7 heteroatoms. The van der Waals surface area contributed by atoms with Crippen LogP contribution in [0.2, 0.25) is 0 Å². The number of carbonyl (C=O) groups is 1. The van der Waals surface area contributed by atoms with Gasteiger partial charge in [-0.3, -0.25) is 0 Å². The van der Waals surface area contributed by atoms with Crippen LogP contribution in [0.15, 0.2) is 59.1 Å². The van der Waals surface area contributed by atoms with E-state index >= 15 is 0 Å². The van der Waals surface area contributed by atoms with Crippen LogP contribution in [0.4, 0.5) is 6.01 Å². The van der Waals surface area contributed by atoms with Crippen molar-refractivity contribution in [1.29, 1.82) is 0 Å². The predicted octanol–water partition coefficient (Wildman–Crippen LogP) is 3.60. The van der Waals surface area contributed by atoms with E-state index in [0.29, 0.717) is 13.1 Å². The molecule has 3 aromatic rings. The highest BCUT2D eigenvalue weighted by Crippen LogP contribution is 2.23.